The minimum absolute atomic E-state index is 0.0267. The fourth-order valence-corrected chi connectivity index (χ4v) is 3.97. The van der Waals surface area contributed by atoms with Gasteiger partial charge in [-0.3, -0.25) is 15.1 Å². The summed E-state index contributed by atoms with van der Waals surface area (Å²) in [6.07, 6.45) is 4.77. The first-order valence-electron chi connectivity index (χ1n) is 10.7. The molecule has 0 radical (unpaired) electrons. The van der Waals surface area contributed by atoms with Crippen LogP contribution in [0.25, 0.3) is 0 Å². The van der Waals surface area contributed by atoms with Crippen LogP contribution in [0, 0.1) is 10.1 Å². The summed E-state index contributed by atoms with van der Waals surface area (Å²) >= 11 is -2.13. The van der Waals surface area contributed by atoms with Crippen molar-refractivity contribution in [3.05, 3.63) is 105 Å². The fourth-order valence-electron chi connectivity index (χ4n) is 3.97. The second kappa shape index (κ2) is 12.3. The van der Waals surface area contributed by atoms with E-state index in [4.69, 9.17) is 25.5 Å². The number of benzene rings is 3. The topological polar surface area (TPSA) is 75.7 Å². The fraction of sp³-hybridized carbons (Fsp3) is 0.240. The second-order valence-electron chi connectivity index (χ2n) is 8.12. The Morgan fingerprint density at radius 2 is 1.53 bits per heavy atom. The quantitative estimate of drug-likeness (QED) is 0.137. The van der Waals surface area contributed by atoms with Gasteiger partial charge in [-0.1, -0.05) is 60.7 Å². The van der Waals surface area contributed by atoms with E-state index in [1.807, 2.05) is 67.6 Å². The molecular weight excluding hydrogens is 574 g/mol. The van der Waals surface area contributed by atoms with Gasteiger partial charge >= 0.3 is 43.7 Å². The van der Waals surface area contributed by atoms with E-state index in [1.165, 1.54) is 12.1 Å². The molecule has 0 aromatic heterocycles. The van der Waals surface area contributed by atoms with Gasteiger partial charge < -0.3 is 5.11 Å². The predicted octanol–water partition coefficient (Wildman–Crippen LogP) is 7.69. The van der Waals surface area contributed by atoms with Crippen molar-refractivity contribution in [1.82, 2.24) is 0 Å². The summed E-state index contributed by atoms with van der Waals surface area (Å²) in [5.41, 5.74) is 1.91. The van der Waals surface area contributed by atoms with E-state index in [0.717, 1.165) is 30.4 Å². The maximum absolute atomic E-state index is 11.7. The van der Waals surface area contributed by atoms with Gasteiger partial charge in [-0.25, -0.2) is 0 Å². The number of nitro benzene ring substituents is 1. The van der Waals surface area contributed by atoms with Gasteiger partial charge in [0.2, 0.25) is 0 Å². The van der Waals surface area contributed by atoms with Crippen molar-refractivity contribution < 1.29 is 28.2 Å². The van der Waals surface area contributed by atoms with Crippen molar-refractivity contribution in [1.29, 1.82) is 0 Å². The van der Waals surface area contributed by atoms with Gasteiger partial charge in [0.05, 0.1) is 4.92 Å². The number of aromatic hydroxyl groups is 1. The minimum atomic E-state index is -2.13. The summed E-state index contributed by atoms with van der Waals surface area (Å²) in [6.45, 7) is 1.99. The molecule has 0 heterocycles. The summed E-state index contributed by atoms with van der Waals surface area (Å²) in [5.74, 6) is 0.0267. The molecule has 0 bridgehead atoms. The average molecular weight is 598 g/mol. The van der Waals surface area contributed by atoms with Gasteiger partial charge in [0.1, 0.15) is 5.75 Å². The van der Waals surface area contributed by atoms with Crippen molar-refractivity contribution in [2.45, 2.75) is 37.6 Å². The molecule has 0 atom stereocenters. The van der Waals surface area contributed by atoms with E-state index >= 15 is 0 Å². The van der Waals surface area contributed by atoms with Gasteiger partial charge in [0, 0.05) is 40.9 Å². The molecule has 1 aliphatic carbocycles. The molecule has 5 nitrogen and oxygen atoms in total. The van der Waals surface area contributed by atoms with E-state index in [1.54, 1.807) is 6.21 Å². The van der Waals surface area contributed by atoms with Gasteiger partial charge in [-0.15, -0.1) is 0 Å². The molecule has 9 heteroatoms. The number of non-ortho nitro benzene ring substituents is 1. The Labute approximate surface area is 217 Å². The number of nitro groups is 1. The standard InChI is InChI=1S/C25H24N2O3.3ClH.Zr/c1-25(19-9-4-2-5-10-19,20-11-6-3-7-12-20)23-16-22(27(29)30)15-18(24(23)28)17-26-21-13-8-14-21;;;;/h2-7,9-12,15-17,21,28H,8,13-14H2,1H3;3*1H;/q;;;;+3/p-3. The molecule has 1 aliphatic rings. The van der Waals surface area contributed by atoms with Gasteiger partial charge in [-0.05, 0) is 37.3 Å². The van der Waals surface area contributed by atoms with Gasteiger partial charge in [0.25, 0.3) is 5.69 Å². The van der Waals surface area contributed by atoms with Crippen molar-refractivity contribution >= 4 is 37.4 Å². The Bertz CT molecular complexity index is 1100. The van der Waals surface area contributed by atoms with Crippen LogP contribution >= 0.6 is 25.5 Å². The van der Waals surface area contributed by atoms with Crippen LogP contribution in [0.4, 0.5) is 5.69 Å². The third kappa shape index (κ3) is 6.48. The Balaban J connectivity index is 0.000000751. The van der Waals surface area contributed by atoms with Crippen molar-refractivity contribution in [3.63, 3.8) is 0 Å². The zero-order chi connectivity index (χ0) is 24.7. The number of halogens is 3. The van der Waals surface area contributed by atoms with E-state index in [-0.39, 0.29) is 17.5 Å². The van der Waals surface area contributed by atoms with Crippen molar-refractivity contribution in [2.75, 3.05) is 0 Å². The Kier molecular flexibility index (Phi) is 9.73. The monoisotopic (exact) mass is 595 g/mol. The molecule has 1 saturated carbocycles. The number of phenolic OH excluding ortho intramolecular Hbond substituents is 1. The van der Waals surface area contributed by atoms with E-state index in [9.17, 15) is 15.2 Å². The molecule has 1 N–H and O–H groups in total. The molecule has 1 fully saturated rings. The first kappa shape index (κ1) is 26.9. The van der Waals surface area contributed by atoms with Gasteiger partial charge in [-0.2, -0.15) is 0 Å². The zero-order valence-electron chi connectivity index (χ0n) is 18.5. The molecule has 177 valence electrons. The summed E-state index contributed by atoms with van der Waals surface area (Å²) in [4.78, 5) is 15.8. The molecule has 3 aromatic rings. The molecule has 0 unspecified atom stereocenters. The number of nitrogens with zero attached hydrogens (tertiary/aromatic N) is 2. The summed E-state index contributed by atoms with van der Waals surface area (Å²) in [7, 11) is 15.0. The third-order valence-corrected chi connectivity index (χ3v) is 6.08. The maximum atomic E-state index is 11.7. The Morgan fingerprint density at radius 3 is 1.94 bits per heavy atom. The van der Waals surface area contributed by atoms with E-state index in [0.29, 0.717) is 11.1 Å². The zero-order valence-corrected chi connectivity index (χ0v) is 23.2. The Hall–Kier alpha value is -1.72. The molecule has 34 heavy (non-hydrogen) atoms. The van der Waals surface area contributed by atoms with Crippen LogP contribution in [0.15, 0.2) is 77.8 Å². The molecule has 0 saturated heterocycles. The third-order valence-electron chi connectivity index (χ3n) is 6.08. The van der Waals surface area contributed by atoms with Crippen LogP contribution in [0.3, 0.4) is 0 Å². The molecular formula is C25H24Cl3N2O3Zr. The van der Waals surface area contributed by atoms with E-state index < -0.39 is 28.5 Å². The predicted molar refractivity (Wildman–Crippen MR) is 136 cm³/mol. The number of phenols is 1. The van der Waals surface area contributed by atoms with Crippen molar-refractivity contribution in [3.8, 4) is 5.75 Å². The van der Waals surface area contributed by atoms with Crippen LogP contribution < -0.4 is 0 Å². The van der Waals surface area contributed by atoms with Crippen LogP contribution in [0.5, 0.6) is 5.75 Å². The SMILES string of the molecule is CC(c1ccccc1)(c1ccccc1)c1cc([N+](=O)[O-])cc(C=NC2CCC2)c1O.[Cl][Zr]([Cl])[Cl]. The summed E-state index contributed by atoms with van der Waals surface area (Å²) < 4.78 is 0. The van der Waals surface area contributed by atoms with Crippen LogP contribution in [0.1, 0.15) is 48.4 Å². The molecule has 3 aromatic carbocycles. The van der Waals surface area contributed by atoms with Crippen LogP contribution in [0.2, 0.25) is 0 Å². The number of rotatable bonds is 6. The number of hydrogen-bond donors (Lipinski definition) is 1. The second-order valence-corrected chi connectivity index (χ2v) is 19.3. The number of hydrogen-bond acceptors (Lipinski definition) is 4. The average Bonchev–Trinajstić information content (AvgIpc) is 2.79. The molecule has 0 aliphatic heterocycles. The molecule has 4 rings (SSSR count). The summed E-state index contributed by atoms with van der Waals surface area (Å²) in [5, 5.41) is 22.9. The normalized spacial score (nSPS) is 13.6. The van der Waals surface area contributed by atoms with Crippen LogP contribution in [-0.4, -0.2) is 22.3 Å². The van der Waals surface area contributed by atoms with E-state index in [2.05, 4.69) is 4.99 Å². The molecule has 0 amide bonds. The van der Waals surface area contributed by atoms with Gasteiger partial charge in [0.15, 0.2) is 0 Å². The first-order valence-corrected chi connectivity index (χ1v) is 20.2. The summed E-state index contributed by atoms with van der Waals surface area (Å²) in [6, 6.07) is 22.6. The molecule has 0 spiro atoms. The number of aliphatic imine (C=N–C) groups is 1. The Morgan fingerprint density at radius 1 is 1.03 bits per heavy atom. The van der Waals surface area contributed by atoms with Crippen LogP contribution in [-0.2, 0) is 23.6 Å². The first-order chi connectivity index (χ1) is 16.2. The van der Waals surface area contributed by atoms with Crippen molar-refractivity contribution in [2.24, 2.45) is 4.99 Å².